The van der Waals surface area contributed by atoms with Crippen LogP contribution in [0.4, 0.5) is 11.4 Å². The molecule has 0 aromatic heterocycles. The fraction of sp³-hybridized carbons (Fsp3) is 0.276. The van der Waals surface area contributed by atoms with E-state index in [1.165, 1.54) is 0 Å². The molecule has 0 unspecified atom stereocenters. The number of ether oxygens (including phenoxy) is 3. The van der Waals surface area contributed by atoms with Crippen LogP contribution in [0.25, 0.3) is 0 Å². The number of benzene rings is 3. The van der Waals surface area contributed by atoms with Gasteiger partial charge in [-0.3, -0.25) is 10.2 Å². The van der Waals surface area contributed by atoms with Crippen LogP contribution >= 0.6 is 0 Å². The number of amides is 1. The Kier molecular flexibility index (Phi) is 10.3. The number of aliphatic carboxylic acids is 1. The molecule has 3 aromatic carbocycles. The van der Waals surface area contributed by atoms with Crippen molar-refractivity contribution in [3.8, 4) is 17.2 Å². The summed E-state index contributed by atoms with van der Waals surface area (Å²) in [6.07, 6.45) is -0.229. The maximum Gasteiger partial charge on any atom is 0.341 e. The van der Waals surface area contributed by atoms with Crippen molar-refractivity contribution in [2.24, 2.45) is 5.73 Å². The number of carboxylic acid groups (broad SMARTS) is 1. The third kappa shape index (κ3) is 8.11. The highest BCUT2D eigenvalue weighted by atomic mass is 16.5. The molecule has 0 aliphatic carbocycles. The van der Waals surface area contributed by atoms with E-state index in [4.69, 9.17) is 25.4 Å². The maximum absolute atomic E-state index is 13.3. The first-order valence-corrected chi connectivity index (χ1v) is 12.7. The summed E-state index contributed by atoms with van der Waals surface area (Å²) >= 11 is 0. The second-order valence-corrected chi connectivity index (χ2v) is 9.03. The van der Waals surface area contributed by atoms with E-state index in [1.807, 2.05) is 20.8 Å². The predicted octanol–water partition coefficient (Wildman–Crippen LogP) is 3.98. The van der Waals surface area contributed by atoms with Gasteiger partial charge >= 0.3 is 5.97 Å². The first-order chi connectivity index (χ1) is 19.1. The van der Waals surface area contributed by atoms with Crippen LogP contribution in [0.15, 0.2) is 54.6 Å². The molecule has 0 spiro atoms. The van der Waals surface area contributed by atoms with E-state index in [-0.39, 0.29) is 30.8 Å². The van der Waals surface area contributed by atoms with Gasteiger partial charge in [0.15, 0.2) is 18.1 Å². The first-order valence-electron chi connectivity index (χ1n) is 12.7. The first kappa shape index (κ1) is 29.8. The molecule has 0 atom stereocenters. The Bertz CT molecular complexity index is 1360. The second kappa shape index (κ2) is 13.9. The molecule has 7 N–H and O–H groups in total. The highest BCUT2D eigenvalue weighted by Gasteiger charge is 2.19. The largest absolute Gasteiger partial charge is 0.494 e. The number of carbonyl (C=O) groups is 2. The van der Waals surface area contributed by atoms with E-state index in [1.54, 1.807) is 54.6 Å². The van der Waals surface area contributed by atoms with Crippen LogP contribution in [0.5, 0.6) is 17.2 Å². The summed E-state index contributed by atoms with van der Waals surface area (Å²) in [5.74, 6) is -0.600. The van der Waals surface area contributed by atoms with Crippen LogP contribution in [0.2, 0.25) is 0 Å². The van der Waals surface area contributed by atoms with Crippen molar-refractivity contribution in [1.29, 1.82) is 5.41 Å². The molecule has 11 heteroatoms. The van der Waals surface area contributed by atoms with Crippen LogP contribution < -0.4 is 30.6 Å². The Morgan fingerprint density at radius 2 is 1.77 bits per heavy atom. The van der Waals surface area contributed by atoms with E-state index in [0.29, 0.717) is 51.7 Å². The zero-order valence-electron chi connectivity index (χ0n) is 22.6. The number of aliphatic hydroxyl groups excluding tert-OH is 1. The lowest BCUT2D eigenvalue weighted by molar-refractivity contribution is -0.139. The van der Waals surface area contributed by atoms with Crippen LogP contribution in [0.1, 0.15) is 47.8 Å². The summed E-state index contributed by atoms with van der Waals surface area (Å²) in [5.41, 5.74) is 8.41. The lowest BCUT2D eigenvalue weighted by atomic mass is 10.1. The van der Waals surface area contributed by atoms with Gasteiger partial charge in [-0.05, 0) is 80.9 Å². The molecule has 3 aromatic rings. The maximum atomic E-state index is 13.3. The predicted molar refractivity (Wildman–Crippen MR) is 152 cm³/mol. The van der Waals surface area contributed by atoms with Crippen molar-refractivity contribution in [3.63, 3.8) is 0 Å². The van der Waals surface area contributed by atoms with E-state index < -0.39 is 18.5 Å². The molecule has 1 amide bonds. The van der Waals surface area contributed by atoms with E-state index in [2.05, 4.69) is 10.6 Å². The average Bonchev–Trinajstić information content (AvgIpc) is 2.91. The van der Waals surface area contributed by atoms with E-state index in [9.17, 15) is 19.8 Å². The zero-order chi connectivity index (χ0) is 29.2. The van der Waals surface area contributed by atoms with Gasteiger partial charge < -0.3 is 40.8 Å². The number of nitrogens with two attached hydrogens (primary N) is 1. The van der Waals surface area contributed by atoms with Crippen LogP contribution in [-0.2, 0) is 17.9 Å². The second-order valence-electron chi connectivity index (χ2n) is 9.03. The summed E-state index contributed by atoms with van der Waals surface area (Å²) in [7, 11) is 0. The van der Waals surface area contributed by atoms with Gasteiger partial charge in [0.25, 0.3) is 5.91 Å². The Balaban J connectivity index is 1.94. The van der Waals surface area contributed by atoms with Gasteiger partial charge in [-0.15, -0.1) is 0 Å². The number of carbonyl (C=O) groups excluding carboxylic acids is 1. The lowest BCUT2D eigenvalue weighted by Crippen LogP contribution is -2.17. The highest BCUT2D eigenvalue weighted by molar-refractivity contribution is 6.08. The van der Waals surface area contributed by atoms with Gasteiger partial charge in [-0.2, -0.15) is 0 Å². The quantitative estimate of drug-likeness (QED) is 0.128. The standard InChI is InChI=1S/C29H34N4O7/c1-4-38-22-9-10-24(23(13-22)29(37)33-21-7-5-19(6-8-21)28(30)31)32-14-20-11-18(15-34)12-25(40-17(2)3)27(20)39-16-26(35)36/h5-13,17,32,34H,4,14-16H2,1-3H3,(H3,30,31)(H,33,37)(H,35,36). The molecule has 0 radical (unpaired) electrons. The highest BCUT2D eigenvalue weighted by Crippen LogP contribution is 2.35. The van der Waals surface area contributed by atoms with Crippen molar-refractivity contribution < 1.29 is 34.0 Å². The molecule has 0 saturated carbocycles. The molecule has 0 aliphatic heterocycles. The number of anilines is 2. The molecule has 0 aliphatic rings. The molecular formula is C29H34N4O7. The van der Waals surface area contributed by atoms with Crippen molar-refractivity contribution in [2.45, 2.75) is 40.0 Å². The molecule has 3 rings (SSSR count). The number of nitrogen functional groups attached to an aromatic ring is 1. The van der Waals surface area contributed by atoms with Gasteiger partial charge in [-0.25, -0.2) is 4.79 Å². The van der Waals surface area contributed by atoms with Gasteiger partial charge in [0.2, 0.25) is 0 Å². The summed E-state index contributed by atoms with van der Waals surface area (Å²) in [6, 6.07) is 14.9. The minimum absolute atomic E-state index is 0.0762. The van der Waals surface area contributed by atoms with Crippen molar-refractivity contribution in [1.82, 2.24) is 0 Å². The Labute approximate surface area is 232 Å². The summed E-state index contributed by atoms with van der Waals surface area (Å²) < 4.78 is 17.0. The number of hydrogen-bond donors (Lipinski definition) is 6. The minimum Gasteiger partial charge on any atom is -0.494 e. The summed E-state index contributed by atoms with van der Waals surface area (Å²) in [4.78, 5) is 24.6. The number of aliphatic hydroxyl groups is 1. The fourth-order valence-electron chi connectivity index (χ4n) is 3.83. The van der Waals surface area contributed by atoms with Crippen LogP contribution in [0, 0.1) is 5.41 Å². The molecule has 0 bridgehead atoms. The summed E-state index contributed by atoms with van der Waals surface area (Å²) in [5, 5.41) is 32.6. The smallest absolute Gasteiger partial charge is 0.341 e. The Morgan fingerprint density at radius 1 is 1.05 bits per heavy atom. The average molecular weight is 551 g/mol. The van der Waals surface area contributed by atoms with Crippen molar-refractivity contribution in [3.05, 3.63) is 76.9 Å². The fourth-order valence-corrected chi connectivity index (χ4v) is 3.83. The number of amidine groups is 1. The third-order valence-electron chi connectivity index (χ3n) is 5.55. The third-order valence-corrected chi connectivity index (χ3v) is 5.55. The van der Waals surface area contributed by atoms with E-state index >= 15 is 0 Å². The van der Waals surface area contributed by atoms with Crippen molar-refractivity contribution in [2.75, 3.05) is 23.8 Å². The SMILES string of the molecule is CCOc1ccc(NCc2cc(CO)cc(OC(C)C)c2OCC(=O)O)c(C(=O)Nc2ccc(C(=N)N)cc2)c1. The number of hydrogen-bond acceptors (Lipinski definition) is 8. The zero-order valence-corrected chi connectivity index (χ0v) is 22.6. The van der Waals surface area contributed by atoms with E-state index in [0.717, 1.165) is 0 Å². The monoisotopic (exact) mass is 550 g/mol. The van der Waals surface area contributed by atoms with Gasteiger partial charge in [0.05, 0.1) is 24.9 Å². The molecule has 212 valence electrons. The number of rotatable bonds is 14. The number of nitrogens with one attached hydrogen (secondary N) is 3. The topological polar surface area (TPSA) is 176 Å². The number of carboxylic acids is 1. The Morgan fingerprint density at radius 3 is 2.38 bits per heavy atom. The van der Waals surface area contributed by atoms with Gasteiger partial charge in [0.1, 0.15) is 11.6 Å². The Hall–Kier alpha value is -4.77. The molecule has 0 saturated heterocycles. The molecule has 11 nitrogen and oxygen atoms in total. The van der Waals surface area contributed by atoms with Gasteiger partial charge in [-0.1, -0.05) is 0 Å². The normalized spacial score (nSPS) is 10.6. The van der Waals surface area contributed by atoms with Crippen LogP contribution in [0.3, 0.4) is 0 Å². The minimum atomic E-state index is -1.15. The summed E-state index contributed by atoms with van der Waals surface area (Å²) in [6.45, 7) is 5.17. The molecule has 40 heavy (non-hydrogen) atoms. The van der Waals surface area contributed by atoms with Gasteiger partial charge in [0, 0.05) is 29.0 Å². The lowest BCUT2D eigenvalue weighted by Gasteiger charge is -2.20. The molecular weight excluding hydrogens is 516 g/mol. The van der Waals surface area contributed by atoms with Crippen LogP contribution in [-0.4, -0.2) is 47.2 Å². The molecule has 0 fully saturated rings. The van der Waals surface area contributed by atoms with Crippen molar-refractivity contribution >= 4 is 29.1 Å². The molecule has 0 heterocycles.